The molecular formula is C17H27N3O2. The first kappa shape index (κ1) is 18.0. The van der Waals surface area contributed by atoms with Crippen molar-refractivity contribution in [1.82, 2.24) is 10.6 Å². The molecule has 0 saturated heterocycles. The van der Waals surface area contributed by atoms with E-state index in [-0.39, 0.29) is 18.0 Å². The minimum absolute atomic E-state index is 0.0386. The lowest BCUT2D eigenvalue weighted by Crippen LogP contribution is -2.43. The molecule has 0 aliphatic carbocycles. The fourth-order valence-electron chi connectivity index (χ4n) is 2.10. The lowest BCUT2D eigenvalue weighted by atomic mass is 10.0. The molecule has 22 heavy (non-hydrogen) atoms. The molecule has 1 aromatic rings. The Bertz CT molecular complexity index is 495. The van der Waals surface area contributed by atoms with Crippen LogP contribution in [0.5, 0.6) is 0 Å². The molecule has 3 amide bonds. The molecule has 5 heteroatoms. The molecule has 2 N–H and O–H groups in total. The molecule has 0 heterocycles. The molecule has 122 valence electrons. The first-order chi connectivity index (χ1) is 10.3. The number of anilines is 1. The zero-order valence-electron chi connectivity index (χ0n) is 14.1. The fraction of sp³-hybridized carbons (Fsp3) is 0.529. The summed E-state index contributed by atoms with van der Waals surface area (Å²) in [4.78, 5) is 25.0. The van der Waals surface area contributed by atoms with Crippen molar-refractivity contribution in [3.8, 4) is 0 Å². The third-order valence-electron chi connectivity index (χ3n) is 3.29. The van der Waals surface area contributed by atoms with Gasteiger partial charge in [-0.3, -0.25) is 4.79 Å². The van der Waals surface area contributed by atoms with Crippen LogP contribution in [0.25, 0.3) is 0 Å². The predicted octanol–water partition coefficient (Wildman–Crippen LogP) is 2.87. The van der Waals surface area contributed by atoms with Gasteiger partial charge in [-0.05, 0) is 37.5 Å². The number of rotatable bonds is 6. The summed E-state index contributed by atoms with van der Waals surface area (Å²) in [5.41, 5.74) is 2.09. The lowest BCUT2D eigenvalue weighted by Gasteiger charge is -2.22. The van der Waals surface area contributed by atoms with Gasteiger partial charge in [0.2, 0.25) is 5.91 Å². The van der Waals surface area contributed by atoms with Crippen LogP contribution in [0.3, 0.4) is 0 Å². The molecule has 0 radical (unpaired) electrons. The van der Waals surface area contributed by atoms with Gasteiger partial charge >= 0.3 is 6.03 Å². The van der Waals surface area contributed by atoms with Crippen molar-refractivity contribution in [2.75, 3.05) is 18.0 Å². The second-order valence-electron chi connectivity index (χ2n) is 5.97. The van der Waals surface area contributed by atoms with Gasteiger partial charge in [-0.2, -0.15) is 0 Å². The minimum Gasteiger partial charge on any atom is -0.336 e. The first-order valence-electron chi connectivity index (χ1n) is 7.73. The molecule has 0 unspecified atom stereocenters. The molecule has 0 fully saturated rings. The van der Waals surface area contributed by atoms with Crippen molar-refractivity contribution in [1.29, 1.82) is 0 Å². The van der Waals surface area contributed by atoms with Crippen LogP contribution >= 0.6 is 0 Å². The summed E-state index contributed by atoms with van der Waals surface area (Å²) >= 11 is 0. The maximum Gasteiger partial charge on any atom is 0.315 e. The lowest BCUT2D eigenvalue weighted by molar-refractivity contribution is -0.116. The fourth-order valence-corrected chi connectivity index (χ4v) is 2.10. The Kier molecular flexibility index (Phi) is 6.89. The van der Waals surface area contributed by atoms with E-state index in [1.165, 1.54) is 12.5 Å². The summed E-state index contributed by atoms with van der Waals surface area (Å²) < 4.78 is 0. The molecular weight excluding hydrogens is 278 g/mol. The van der Waals surface area contributed by atoms with Gasteiger partial charge in [-0.15, -0.1) is 0 Å². The average Bonchev–Trinajstić information content (AvgIpc) is 2.42. The van der Waals surface area contributed by atoms with Crippen molar-refractivity contribution in [2.45, 2.75) is 46.6 Å². The standard InChI is InChI=1S/C17H27N3O2/c1-12(2)15-6-8-16(9-7-15)20(14(5)21)11-10-18-17(22)19-13(3)4/h6-9,12-13H,10-11H2,1-5H3,(H2,18,19,22). The zero-order valence-corrected chi connectivity index (χ0v) is 14.1. The van der Waals surface area contributed by atoms with Crippen molar-refractivity contribution >= 4 is 17.6 Å². The number of carbonyl (C=O) groups is 2. The van der Waals surface area contributed by atoms with Crippen LogP contribution in [-0.2, 0) is 4.79 Å². The number of nitrogens with one attached hydrogen (secondary N) is 2. The summed E-state index contributed by atoms with van der Waals surface area (Å²) in [5, 5.41) is 5.51. The molecule has 0 aliphatic rings. The van der Waals surface area contributed by atoms with Crippen LogP contribution in [0.4, 0.5) is 10.5 Å². The molecule has 0 saturated carbocycles. The van der Waals surface area contributed by atoms with Crippen LogP contribution in [-0.4, -0.2) is 31.1 Å². The molecule has 1 rings (SSSR count). The molecule has 5 nitrogen and oxygen atoms in total. The highest BCUT2D eigenvalue weighted by Gasteiger charge is 2.12. The summed E-state index contributed by atoms with van der Waals surface area (Å²) in [5.74, 6) is 0.421. The zero-order chi connectivity index (χ0) is 16.7. The van der Waals surface area contributed by atoms with Gasteiger partial charge in [-0.25, -0.2) is 4.79 Å². The summed E-state index contributed by atoms with van der Waals surface area (Å²) in [7, 11) is 0. The van der Waals surface area contributed by atoms with E-state index >= 15 is 0 Å². The third kappa shape index (κ3) is 5.76. The summed E-state index contributed by atoms with van der Waals surface area (Å²) in [6.07, 6.45) is 0. The van der Waals surface area contributed by atoms with Crippen LogP contribution in [0.1, 0.15) is 46.1 Å². The maximum atomic E-state index is 11.8. The number of urea groups is 1. The smallest absolute Gasteiger partial charge is 0.315 e. The van der Waals surface area contributed by atoms with Gasteiger partial charge in [0, 0.05) is 31.7 Å². The second kappa shape index (κ2) is 8.41. The van der Waals surface area contributed by atoms with Gasteiger partial charge in [0.25, 0.3) is 0 Å². The van der Waals surface area contributed by atoms with E-state index in [0.717, 1.165) is 5.69 Å². The molecule has 0 aliphatic heterocycles. The number of carbonyl (C=O) groups excluding carboxylic acids is 2. The Balaban J connectivity index is 2.62. The van der Waals surface area contributed by atoms with Gasteiger partial charge in [0.15, 0.2) is 0 Å². The van der Waals surface area contributed by atoms with Crippen LogP contribution in [0.15, 0.2) is 24.3 Å². The molecule has 0 bridgehead atoms. The number of amides is 3. The van der Waals surface area contributed by atoms with Crippen LogP contribution in [0.2, 0.25) is 0 Å². The van der Waals surface area contributed by atoms with Crippen molar-refractivity contribution in [3.63, 3.8) is 0 Å². The van der Waals surface area contributed by atoms with E-state index < -0.39 is 0 Å². The van der Waals surface area contributed by atoms with Crippen molar-refractivity contribution < 1.29 is 9.59 Å². The Morgan fingerprint density at radius 1 is 1.09 bits per heavy atom. The monoisotopic (exact) mass is 305 g/mol. The Morgan fingerprint density at radius 2 is 1.68 bits per heavy atom. The number of benzene rings is 1. The summed E-state index contributed by atoms with van der Waals surface area (Å²) in [6, 6.07) is 7.85. The van der Waals surface area contributed by atoms with Crippen molar-refractivity contribution in [3.05, 3.63) is 29.8 Å². The van der Waals surface area contributed by atoms with Crippen LogP contribution < -0.4 is 15.5 Å². The van der Waals surface area contributed by atoms with E-state index in [9.17, 15) is 9.59 Å². The predicted molar refractivity (Wildman–Crippen MR) is 90.2 cm³/mol. The highest BCUT2D eigenvalue weighted by molar-refractivity contribution is 5.91. The Labute approximate surface area is 133 Å². The maximum absolute atomic E-state index is 11.8. The van der Waals surface area contributed by atoms with E-state index in [0.29, 0.717) is 19.0 Å². The van der Waals surface area contributed by atoms with E-state index in [4.69, 9.17) is 0 Å². The largest absolute Gasteiger partial charge is 0.336 e. The van der Waals surface area contributed by atoms with Gasteiger partial charge in [0.05, 0.1) is 0 Å². The normalized spacial score (nSPS) is 10.7. The SMILES string of the molecule is CC(=O)N(CCNC(=O)NC(C)C)c1ccc(C(C)C)cc1. The van der Waals surface area contributed by atoms with Gasteiger partial charge in [0.1, 0.15) is 0 Å². The van der Waals surface area contributed by atoms with E-state index in [1.807, 2.05) is 38.1 Å². The molecule has 0 atom stereocenters. The van der Waals surface area contributed by atoms with E-state index in [1.54, 1.807) is 4.90 Å². The number of nitrogens with zero attached hydrogens (tertiary/aromatic N) is 1. The van der Waals surface area contributed by atoms with E-state index in [2.05, 4.69) is 24.5 Å². The summed E-state index contributed by atoms with van der Waals surface area (Å²) in [6.45, 7) is 10.5. The Morgan fingerprint density at radius 3 is 2.14 bits per heavy atom. The minimum atomic E-state index is -0.214. The number of hydrogen-bond donors (Lipinski definition) is 2. The Hall–Kier alpha value is -2.04. The highest BCUT2D eigenvalue weighted by Crippen LogP contribution is 2.20. The van der Waals surface area contributed by atoms with Crippen molar-refractivity contribution in [2.24, 2.45) is 0 Å². The molecule has 1 aromatic carbocycles. The second-order valence-corrected chi connectivity index (χ2v) is 5.97. The van der Waals surface area contributed by atoms with Gasteiger partial charge < -0.3 is 15.5 Å². The third-order valence-corrected chi connectivity index (χ3v) is 3.29. The topological polar surface area (TPSA) is 61.4 Å². The molecule has 0 spiro atoms. The molecule has 0 aromatic heterocycles. The highest BCUT2D eigenvalue weighted by atomic mass is 16.2. The van der Waals surface area contributed by atoms with Crippen LogP contribution in [0, 0.1) is 0 Å². The van der Waals surface area contributed by atoms with Gasteiger partial charge in [-0.1, -0.05) is 26.0 Å². The first-order valence-corrected chi connectivity index (χ1v) is 7.73. The average molecular weight is 305 g/mol. The number of hydrogen-bond acceptors (Lipinski definition) is 2. The quantitative estimate of drug-likeness (QED) is 0.849.